The van der Waals surface area contributed by atoms with Crippen molar-refractivity contribution in [3.63, 3.8) is 0 Å². The molecule has 1 aromatic rings. The fraction of sp³-hybridized carbons (Fsp3) is 0.429. The fourth-order valence-corrected chi connectivity index (χ4v) is 2.97. The molecule has 0 heterocycles. The molecular formula is C14H19NO5S. The second-order valence-corrected chi connectivity index (χ2v) is 7.88. The smallest absolute Gasteiger partial charge is 0.336 e. The topological polar surface area (TPSA) is 101 Å². The minimum atomic E-state index is -3.56. The molecule has 0 saturated carbocycles. The van der Waals surface area contributed by atoms with Gasteiger partial charge in [0.2, 0.25) is 5.91 Å². The van der Waals surface area contributed by atoms with Crippen LogP contribution in [0.5, 0.6) is 0 Å². The van der Waals surface area contributed by atoms with E-state index in [-0.39, 0.29) is 5.56 Å². The van der Waals surface area contributed by atoms with Crippen LogP contribution in [0.25, 0.3) is 0 Å². The van der Waals surface area contributed by atoms with Gasteiger partial charge >= 0.3 is 5.97 Å². The molecule has 1 rings (SSSR count). The van der Waals surface area contributed by atoms with Crippen molar-refractivity contribution >= 4 is 27.4 Å². The van der Waals surface area contributed by atoms with Gasteiger partial charge in [0.05, 0.1) is 10.8 Å². The molecule has 1 amide bonds. The monoisotopic (exact) mass is 313 g/mol. The van der Waals surface area contributed by atoms with Crippen LogP contribution < -0.4 is 5.32 Å². The van der Waals surface area contributed by atoms with Crippen LogP contribution in [-0.2, 0) is 14.6 Å². The third-order valence-electron chi connectivity index (χ3n) is 3.34. The van der Waals surface area contributed by atoms with Gasteiger partial charge in [-0.2, -0.15) is 0 Å². The second kappa shape index (κ2) is 6.26. The number of amides is 1. The highest BCUT2D eigenvalue weighted by atomic mass is 32.2. The molecule has 0 radical (unpaired) electrons. The maximum Gasteiger partial charge on any atom is 0.336 e. The number of aromatic carboxylic acids is 1. The Bertz CT molecular complexity index is 664. The highest BCUT2D eigenvalue weighted by Gasteiger charge is 2.31. The molecule has 1 atom stereocenters. The molecule has 0 fully saturated rings. The van der Waals surface area contributed by atoms with Crippen LogP contribution in [0.1, 0.15) is 36.7 Å². The predicted octanol–water partition coefficient (Wildman–Crippen LogP) is 1.84. The van der Waals surface area contributed by atoms with Crippen molar-refractivity contribution in [1.82, 2.24) is 0 Å². The van der Waals surface area contributed by atoms with Crippen LogP contribution in [0.2, 0.25) is 0 Å². The van der Waals surface area contributed by atoms with Crippen molar-refractivity contribution in [1.29, 1.82) is 0 Å². The number of hydrogen-bond acceptors (Lipinski definition) is 4. The number of nitrogens with one attached hydrogen (secondary N) is 1. The van der Waals surface area contributed by atoms with E-state index in [1.54, 1.807) is 6.92 Å². The summed E-state index contributed by atoms with van der Waals surface area (Å²) in [5.74, 6) is -1.78. The number of anilines is 1. The average molecular weight is 313 g/mol. The van der Waals surface area contributed by atoms with Gasteiger partial charge in [0, 0.05) is 5.69 Å². The normalized spacial score (nSPS) is 13.0. The van der Waals surface area contributed by atoms with Gasteiger partial charge < -0.3 is 10.4 Å². The van der Waals surface area contributed by atoms with Crippen molar-refractivity contribution < 1.29 is 23.1 Å². The molecule has 0 spiro atoms. The van der Waals surface area contributed by atoms with Gasteiger partial charge in [-0.05, 0) is 45.4 Å². The molecule has 2 N–H and O–H groups in total. The number of benzene rings is 1. The summed E-state index contributed by atoms with van der Waals surface area (Å²) in [5, 5.41) is 9.65. The van der Waals surface area contributed by atoms with Gasteiger partial charge in [0.1, 0.15) is 5.25 Å². The highest BCUT2D eigenvalue weighted by Crippen LogP contribution is 2.20. The van der Waals surface area contributed by atoms with Crippen LogP contribution in [0.3, 0.4) is 0 Å². The first-order chi connectivity index (χ1) is 9.59. The summed E-state index contributed by atoms with van der Waals surface area (Å²) in [7, 11) is -3.56. The lowest BCUT2D eigenvalue weighted by Crippen LogP contribution is -2.36. The summed E-state index contributed by atoms with van der Waals surface area (Å²) in [6, 6.07) is 4.45. The quantitative estimate of drug-likeness (QED) is 0.864. The maximum absolute atomic E-state index is 12.1. The van der Waals surface area contributed by atoms with E-state index in [9.17, 15) is 18.0 Å². The Labute approximate surface area is 124 Å². The Morgan fingerprint density at radius 2 is 1.76 bits per heavy atom. The standard InChI is InChI=1S/C14H19NO5S/c1-8(2)21(19,20)10(4)13(16)15-12-7-5-6-11(9(12)3)14(17)18/h5-8,10H,1-4H3,(H,15,16)(H,17,18). The SMILES string of the molecule is Cc1c(NC(=O)C(C)S(=O)(=O)C(C)C)cccc1C(=O)O. The summed E-state index contributed by atoms with van der Waals surface area (Å²) >= 11 is 0. The van der Waals surface area contributed by atoms with Crippen LogP contribution in [0, 0.1) is 6.92 Å². The summed E-state index contributed by atoms with van der Waals surface area (Å²) in [4.78, 5) is 23.1. The van der Waals surface area contributed by atoms with Crippen LogP contribution >= 0.6 is 0 Å². The summed E-state index contributed by atoms with van der Waals surface area (Å²) in [6.45, 7) is 5.90. The molecule has 21 heavy (non-hydrogen) atoms. The average Bonchev–Trinajstić information content (AvgIpc) is 2.39. The minimum absolute atomic E-state index is 0.0622. The first-order valence-electron chi connectivity index (χ1n) is 6.45. The largest absolute Gasteiger partial charge is 0.478 e. The lowest BCUT2D eigenvalue weighted by Gasteiger charge is -2.17. The zero-order valence-electron chi connectivity index (χ0n) is 12.4. The van der Waals surface area contributed by atoms with E-state index < -0.39 is 32.2 Å². The van der Waals surface area contributed by atoms with E-state index >= 15 is 0 Å². The van der Waals surface area contributed by atoms with E-state index in [0.717, 1.165) is 0 Å². The lowest BCUT2D eigenvalue weighted by molar-refractivity contribution is -0.115. The van der Waals surface area contributed by atoms with E-state index in [1.165, 1.54) is 39.0 Å². The number of carbonyl (C=O) groups is 2. The van der Waals surface area contributed by atoms with Crippen LogP contribution in [-0.4, -0.2) is 35.9 Å². The van der Waals surface area contributed by atoms with Gasteiger partial charge in [-0.15, -0.1) is 0 Å². The van der Waals surface area contributed by atoms with Crippen LogP contribution in [0.15, 0.2) is 18.2 Å². The second-order valence-electron chi connectivity index (χ2n) is 5.05. The number of rotatable bonds is 5. The van der Waals surface area contributed by atoms with Gasteiger partial charge in [0.15, 0.2) is 9.84 Å². The molecule has 7 heteroatoms. The maximum atomic E-state index is 12.1. The first kappa shape index (κ1) is 17.2. The predicted molar refractivity (Wildman–Crippen MR) is 80.3 cm³/mol. The summed E-state index contributed by atoms with van der Waals surface area (Å²) < 4.78 is 23.9. The lowest BCUT2D eigenvalue weighted by atomic mass is 10.1. The van der Waals surface area contributed by atoms with Crippen molar-refractivity contribution in [3.8, 4) is 0 Å². The molecule has 0 bridgehead atoms. The molecular weight excluding hydrogens is 294 g/mol. The highest BCUT2D eigenvalue weighted by molar-refractivity contribution is 7.93. The number of sulfone groups is 1. The Kier molecular flexibility index (Phi) is 5.11. The van der Waals surface area contributed by atoms with E-state index in [0.29, 0.717) is 11.3 Å². The third kappa shape index (κ3) is 3.60. The van der Waals surface area contributed by atoms with Crippen LogP contribution in [0.4, 0.5) is 5.69 Å². The van der Waals surface area contributed by atoms with Crippen molar-refractivity contribution in [2.45, 2.75) is 38.2 Å². The molecule has 116 valence electrons. The molecule has 0 aliphatic rings. The number of carboxylic acids is 1. The summed E-state index contributed by atoms with van der Waals surface area (Å²) in [5.41, 5.74) is 0.741. The summed E-state index contributed by atoms with van der Waals surface area (Å²) in [6.07, 6.45) is 0. The Balaban J connectivity index is 3.05. The van der Waals surface area contributed by atoms with Crippen molar-refractivity contribution in [2.75, 3.05) is 5.32 Å². The van der Waals surface area contributed by atoms with Gasteiger partial charge in [-0.25, -0.2) is 13.2 Å². The number of carbonyl (C=O) groups excluding carboxylic acids is 1. The molecule has 0 aromatic heterocycles. The van der Waals surface area contributed by atoms with E-state index in [2.05, 4.69) is 5.32 Å². The van der Waals surface area contributed by atoms with E-state index in [4.69, 9.17) is 5.11 Å². The Hall–Kier alpha value is -1.89. The minimum Gasteiger partial charge on any atom is -0.478 e. The molecule has 0 saturated heterocycles. The number of hydrogen-bond donors (Lipinski definition) is 2. The first-order valence-corrected chi connectivity index (χ1v) is 8.06. The number of carboxylic acid groups (broad SMARTS) is 1. The third-order valence-corrected chi connectivity index (χ3v) is 5.85. The zero-order chi connectivity index (χ0) is 16.4. The van der Waals surface area contributed by atoms with Crippen molar-refractivity contribution in [2.24, 2.45) is 0 Å². The van der Waals surface area contributed by atoms with Gasteiger partial charge in [0.25, 0.3) is 0 Å². The molecule has 1 unspecified atom stereocenters. The van der Waals surface area contributed by atoms with Gasteiger partial charge in [-0.1, -0.05) is 6.07 Å². The molecule has 0 aliphatic heterocycles. The Morgan fingerprint density at radius 3 is 2.24 bits per heavy atom. The van der Waals surface area contributed by atoms with Crippen molar-refractivity contribution in [3.05, 3.63) is 29.3 Å². The molecule has 1 aromatic carbocycles. The molecule has 6 nitrogen and oxygen atoms in total. The van der Waals surface area contributed by atoms with E-state index in [1.807, 2.05) is 0 Å². The Morgan fingerprint density at radius 1 is 1.19 bits per heavy atom. The fourth-order valence-electron chi connectivity index (χ4n) is 1.79. The zero-order valence-corrected chi connectivity index (χ0v) is 13.2. The molecule has 0 aliphatic carbocycles. The van der Waals surface area contributed by atoms with Gasteiger partial charge in [-0.3, -0.25) is 4.79 Å².